The molecule has 1 N–H and O–H groups in total. The Kier molecular flexibility index (Phi) is 5.62. The molecule has 30 heavy (non-hydrogen) atoms. The van der Waals surface area contributed by atoms with E-state index in [9.17, 15) is 9.90 Å². The molecule has 0 saturated carbocycles. The van der Waals surface area contributed by atoms with Crippen LogP contribution in [0.4, 0.5) is 0 Å². The first-order valence-corrected chi connectivity index (χ1v) is 10.4. The van der Waals surface area contributed by atoms with E-state index in [4.69, 9.17) is 4.74 Å². The highest BCUT2D eigenvalue weighted by Gasteiger charge is 2.33. The average Bonchev–Trinajstić information content (AvgIpc) is 2.74. The van der Waals surface area contributed by atoms with Crippen LogP contribution >= 0.6 is 0 Å². The Balaban J connectivity index is 1.43. The number of ether oxygens (including phenoxy) is 1. The number of aryl methyl sites for hydroxylation is 2. The van der Waals surface area contributed by atoms with Crippen molar-refractivity contribution in [3.8, 4) is 5.75 Å². The summed E-state index contributed by atoms with van der Waals surface area (Å²) in [5, 5.41) is 11.7. The highest BCUT2D eigenvalue weighted by atomic mass is 16.5. The van der Waals surface area contributed by atoms with Crippen LogP contribution in [0.15, 0.2) is 47.5 Å². The molecule has 0 radical (unpaired) electrons. The third-order valence-corrected chi connectivity index (χ3v) is 6.23. The number of piperidine rings is 1. The number of hydrogen-bond donors (Lipinski definition) is 1. The second-order valence-corrected chi connectivity index (χ2v) is 8.44. The van der Waals surface area contributed by atoms with Gasteiger partial charge >= 0.3 is 0 Å². The van der Waals surface area contributed by atoms with Crippen LogP contribution in [0.1, 0.15) is 29.5 Å². The zero-order valence-electron chi connectivity index (χ0n) is 17.9. The van der Waals surface area contributed by atoms with Gasteiger partial charge in [0.05, 0.1) is 36.5 Å². The number of para-hydroxylation sites is 1. The molecule has 158 valence electrons. The highest BCUT2D eigenvalue weighted by Crippen LogP contribution is 2.27. The second-order valence-electron chi connectivity index (χ2n) is 8.44. The highest BCUT2D eigenvalue weighted by molar-refractivity contribution is 5.76. The minimum absolute atomic E-state index is 0.0965. The van der Waals surface area contributed by atoms with E-state index in [0.717, 1.165) is 30.9 Å². The molecule has 1 aliphatic rings. The van der Waals surface area contributed by atoms with Gasteiger partial charge in [0.1, 0.15) is 5.75 Å². The monoisotopic (exact) mass is 407 g/mol. The summed E-state index contributed by atoms with van der Waals surface area (Å²) in [6, 6.07) is 11.6. The lowest BCUT2D eigenvalue weighted by Gasteiger charge is -2.38. The van der Waals surface area contributed by atoms with Gasteiger partial charge in [0.25, 0.3) is 5.56 Å². The van der Waals surface area contributed by atoms with Crippen molar-refractivity contribution in [3.63, 3.8) is 0 Å². The Morgan fingerprint density at radius 2 is 1.87 bits per heavy atom. The van der Waals surface area contributed by atoms with E-state index in [1.807, 2.05) is 18.2 Å². The number of nitrogens with zero attached hydrogens (tertiary/aromatic N) is 3. The Hall–Kier alpha value is -2.70. The van der Waals surface area contributed by atoms with Crippen LogP contribution in [0.25, 0.3) is 10.9 Å². The molecule has 1 aromatic heterocycles. The molecule has 1 aliphatic heterocycles. The number of hydrogen-bond acceptors (Lipinski definition) is 5. The van der Waals surface area contributed by atoms with E-state index in [-0.39, 0.29) is 12.1 Å². The Morgan fingerprint density at radius 3 is 2.60 bits per heavy atom. The number of methoxy groups -OCH3 is 1. The molecule has 0 amide bonds. The maximum absolute atomic E-state index is 12.8. The number of aromatic nitrogens is 2. The predicted octanol–water partition coefficient (Wildman–Crippen LogP) is 3.05. The molecule has 0 bridgehead atoms. The lowest BCUT2D eigenvalue weighted by atomic mass is 9.90. The van der Waals surface area contributed by atoms with Crippen LogP contribution in [-0.2, 0) is 13.1 Å². The van der Waals surface area contributed by atoms with Crippen LogP contribution in [0.5, 0.6) is 5.75 Å². The van der Waals surface area contributed by atoms with Crippen LogP contribution in [0.2, 0.25) is 0 Å². The Labute approximate surface area is 176 Å². The number of rotatable bonds is 5. The summed E-state index contributed by atoms with van der Waals surface area (Å²) < 4.78 is 6.96. The molecule has 6 nitrogen and oxygen atoms in total. The Bertz CT molecular complexity index is 1110. The topological polar surface area (TPSA) is 67.6 Å². The van der Waals surface area contributed by atoms with Gasteiger partial charge < -0.3 is 9.84 Å². The van der Waals surface area contributed by atoms with Crippen LogP contribution in [-0.4, -0.2) is 45.4 Å². The van der Waals surface area contributed by atoms with Gasteiger partial charge in [0.2, 0.25) is 0 Å². The molecular weight excluding hydrogens is 378 g/mol. The quantitative estimate of drug-likeness (QED) is 0.704. The fourth-order valence-electron chi connectivity index (χ4n) is 4.30. The molecule has 0 aliphatic carbocycles. The van der Waals surface area contributed by atoms with Gasteiger partial charge in [0, 0.05) is 19.6 Å². The van der Waals surface area contributed by atoms with Crippen molar-refractivity contribution in [3.05, 3.63) is 69.8 Å². The van der Waals surface area contributed by atoms with Crippen LogP contribution < -0.4 is 10.3 Å². The number of benzene rings is 2. The first kappa shape index (κ1) is 20.6. The summed E-state index contributed by atoms with van der Waals surface area (Å²) in [7, 11) is 1.70. The van der Waals surface area contributed by atoms with Gasteiger partial charge in [-0.15, -0.1) is 0 Å². The lowest BCUT2D eigenvalue weighted by Crippen LogP contribution is -2.47. The fraction of sp³-hybridized carbons (Fsp3) is 0.417. The molecular formula is C24H29N3O3. The first-order valence-electron chi connectivity index (χ1n) is 10.4. The maximum atomic E-state index is 12.8. The Morgan fingerprint density at radius 1 is 1.13 bits per heavy atom. The van der Waals surface area contributed by atoms with Gasteiger partial charge in [-0.25, -0.2) is 4.98 Å². The van der Waals surface area contributed by atoms with Crippen molar-refractivity contribution < 1.29 is 9.84 Å². The molecule has 0 unspecified atom stereocenters. The van der Waals surface area contributed by atoms with E-state index >= 15 is 0 Å². The van der Waals surface area contributed by atoms with E-state index in [1.54, 1.807) is 24.1 Å². The molecule has 4 rings (SSSR count). The molecule has 1 fully saturated rings. The van der Waals surface area contributed by atoms with Crippen molar-refractivity contribution in [2.24, 2.45) is 0 Å². The van der Waals surface area contributed by atoms with Gasteiger partial charge in [-0.1, -0.05) is 18.2 Å². The third-order valence-electron chi connectivity index (χ3n) is 6.23. The summed E-state index contributed by atoms with van der Waals surface area (Å²) in [6.07, 6.45) is 2.80. The fourth-order valence-corrected chi connectivity index (χ4v) is 4.30. The summed E-state index contributed by atoms with van der Waals surface area (Å²) in [5.74, 6) is 0.915. The van der Waals surface area contributed by atoms with E-state index in [2.05, 4.69) is 35.9 Å². The lowest BCUT2D eigenvalue weighted by molar-refractivity contribution is -0.0365. The van der Waals surface area contributed by atoms with Crippen molar-refractivity contribution in [2.75, 3.05) is 20.2 Å². The molecule has 0 atom stereocenters. The zero-order valence-corrected chi connectivity index (χ0v) is 17.9. The van der Waals surface area contributed by atoms with E-state index in [0.29, 0.717) is 23.7 Å². The van der Waals surface area contributed by atoms with Gasteiger partial charge in [-0.2, -0.15) is 0 Å². The molecule has 1 saturated heterocycles. The largest absolute Gasteiger partial charge is 0.496 e. The molecule has 2 heterocycles. The normalized spacial score (nSPS) is 16.7. The van der Waals surface area contributed by atoms with Gasteiger partial charge in [-0.3, -0.25) is 14.3 Å². The minimum atomic E-state index is -0.894. The molecule has 6 heteroatoms. The van der Waals surface area contributed by atoms with Crippen molar-refractivity contribution in [2.45, 2.75) is 45.4 Å². The maximum Gasteiger partial charge on any atom is 0.261 e. The standard InChI is InChI=1S/C24H29N3O3/c1-17-13-22(30-3)18(2)12-19(17)14-26-10-8-24(29,9-11-26)15-27-16-25-21-7-5-4-6-20(21)23(27)28/h4-7,12-13,16,29H,8-11,14-15H2,1-3H3. The van der Waals surface area contributed by atoms with Gasteiger partial charge in [0.15, 0.2) is 0 Å². The molecule has 0 spiro atoms. The van der Waals surface area contributed by atoms with Gasteiger partial charge in [-0.05, 0) is 61.6 Å². The smallest absolute Gasteiger partial charge is 0.261 e. The second kappa shape index (κ2) is 8.20. The van der Waals surface area contributed by atoms with Crippen molar-refractivity contribution in [1.29, 1.82) is 0 Å². The number of fused-ring (bicyclic) bond motifs is 1. The molecule has 2 aromatic carbocycles. The van der Waals surface area contributed by atoms with E-state index < -0.39 is 5.60 Å². The summed E-state index contributed by atoms with van der Waals surface area (Å²) in [6.45, 7) is 6.87. The SMILES string of the molecule is COc1cc(C)c(CN2CCC(O)(Cn3cnc4ccccc4c3=O)CC2)cc1C. The van der Waals surface area contributed by atoms with E-state index in [1.165, 1.54) is 11.1 Å². The third kappa shape index (κ3) is 4.11. The summed E-state index contributed by atoms with van der Waals surface area (Å²) >= 11 is 0. The van der Waals surface area contributed by atoms with Crippen LogP contribution in [0, 0.1) is 13.8 Å². The molecule has 3 aromatic rings. The van der Waals surface area contributed by atoms with Crippen LogP contribution in [0.3, 0.4) is 0 Å². The first-order chi connectivity index (χ1) is 14.4. The zero-order chi connectivity index (χ0) is 21.3. The number of likely N-dealkylation sites (tertiary alicyclic amines) is 1. The van der Waals surface area contributed by atoms with Crippen molar-refractivity contribution >= 4 is 10.9 Å². The minimum Gasteiger partial charge on any atom is -0.496 e. The summed E-state index contributed by atoms with van der Waals surface area (Å²) in [5.41, 5.74) is 3.33. The van der Waals surface area contributed by atoms with Crippen molar-refractivity contribution in [1.82, 2.24) is 14.5 Å². The number of aliphatic hydroxyl groups is 1. The predicted molar refractivity (Wildman–Crippen MR) is 118 cm³/mol. The average molecular weight is 408 g/mol. The summed E-state index contributed by atoms with van der Waals surface area (Å²) in [4.78, 5) is 19.5.